The number of piperazine rings is 2. The molecule has 2 aliphatic rings. The van der Waals surface area contributed by atoms with Crippen LogP contribution in [0.1, 0.15) is 12.8 Å². The molecule has 0 aliphatic carbocycles. The number of hydrogen-bond donors (Lipinski definition) is 12. The predicted octanol–water partition coefficient (Wildman–Crippen LogP) is 12.3. The average Bonchev–Trinajstić information content (AvgIpc) is 1.67. The average molecular weight is 1830 g/mol. The Morgan fingerprint density at radius 1 is 0.459 bits per heavy atom. The Morgan fingerprint density at radius 3 is 1.25 bits per heavy atom. The van der Waals surface area contributed by atoms with E-state index in [2.05, 4.69) is 101 Å². The smallest absolute Gasteiger partial charge is 0.358 e. The summed E-state index contributed by atoms with van der Waals surface area (Å²) >= 11 is 27.0. The van der Waals surface area contributed by atoms with Gasteiger partial charge in [-0.1, -0.05) is 46.4 Å². The number of amides is 4. The minimum absolute atomic E-state index is 0.0368. The lowest BCUT2D eigenvalue weighted by atomic mass is 10.1. The lowest BCUT2D eigenvalue weighted by molar-refractivity contribution is -0.139. The van der Waals surface area contributed by atoms with E-state index in [0.29, 0.717) is 137 Å². The standard InChI is InChI=1S/C18H16ClF4N7O.C18H17ClF4N6OS.C18H17ClF3N7O.C18H18ClF3N6OS/c19-9-3-10-11(5-26-14(10)25-4-9)15-27-6-12(20)16(29-15)30-2-1-24-7-13(30)17(31)28-8-18(21,22)23;1-31-3-2-13(17(30)27-8-18(21,22)23)28-16-12(20)7-26-15(29-16)11-6-25-14-10(11)4-9(19)5-24-14;19-10-5-11-12(7-26-15(11)25-6-10)16-24-2-1-14(28-16)29-4-3-23-8-13(29)17(30)27-9-18(20,21)22;1-30-5-3-13(17(29)26-9-18(20,21)22)27-14-2-4-23-16(28-14)12-8-25-15-11(12)6-10(19)7-24-15/h3-6,13,24H,1-2,7-8H2,(H,25,26)(H,28,31);4-7,13H,2-3,8H2,1H3,(H,24,25)(H,27,30)(H,26,28,29);1-2,5-7,13,23H,3-4,8-9H2,(H,25,26)(H,27,30);2,4,6-8,13H,3,5,9H2,1H3,(H,24,25)(H,26,29)(H,23,27,28)/t4*13-/m1111/s1. The quantitative estimate of drug-likeness (QED) is 0.0250. The first-order valence-corrected chi connectivity index (χ1v) is 40.4. The Hall–Kier alpha value is -11.0. The van der Waals surface area contributed by atoms with Crippen LogP contribution >= 0.6 is 69.9 Å². The van der Waals surface area contributed by atoms with Gasteiger partial charge in [0.1, 0.15) is 84.6 Å². The summed E-state index contributed by atoms with van der Waals surface area (Å²) in [7, 11) is 0. The van der Waals surface area contributed by atoms with Gasteiger partial charge in [-0.3, -0.25) is 19.2 Å². The third-order valence-electron chi connectivity index (χ3n) is 17.7. The van der Waals surface area contributed by atoms with Crippen molar-refractivity contribution in [3.8, 4) is 45.6 Å². The number of carbonyl (C=O) groups is 4. The third kappa shape index (κ3) is 25.1. The summed E-state index contributed by atoms with van der Waals surface area (Å²) in [5.41, 5.74) is 4.62. The molecule has 0 radical (unpaired) electrons. The zero-order chi connectivity index (χ0) is 87.8. The molecular formula is C72H68Cl4F14N26O4S2. The van der Waals surface area contributed by atoms with Gasteiger partial charge in [0.15, 0.2) is 46.6 Å². The maximum Gasteiger partial charge on any atom is 0.405 e. The highest BCUT2D eigenvalue weighted by Gasteiger charge is 2.38. The number of nitrogens with one attached hydrogen (secondary N) is 12. The molecular weight excluding hydrogens is 1760 g/mol. The third-order valence-corrected chi connectivity index (χ3v) is 19.8. The molecule has 2 aliphatic heterocycles. The van der Waals surface area contributed by atoms with Crippen LogP contribution in [0.4, 0.5) is 84.7 Å². The van der Waals surface area contributed by atoms with Gasteiger partial charge in [-0.15, -0.1) is 0 Å². The first kappa shape index (κ1) is 91.7. The summed E-state index contributed by atoms with van der Waals surface area (Å²) in [6.07, 6.45) is 3.50. The molecule has 0 aromatic carbocycles. The number of alkyl halides is 12. The Morgan fingerprint density at radius 2 is 0.828 bits per heavy atom. The van der Waals surface area contributed by atoms with E-state index in [4.69, 9.17) is 46.4 Å². The topological polar surface area (TPSA) is 389 Å². The summed E-state index contributed by atoms with van der Waals surface area (Å²) in [6, 6.07) is 6.03. The van der Waals surface area contributed by atoms with Gasteiger partial charge in [-0.05, 0) is 73.3 Å². The first-order chi connectivity index (χ1) is 58.0. The van der Waals surface area contributed by atoms with Crippen molar-refractivity contribution in [2.24, 2.45) is 0 Å². The highest BCUT2D eigenvalue weighted by Crippen LogP contribution is 2.35. The molecule has 648 valence electrons. The van der Waals surface area contributed by atoms with Crippen LogP contribution in [0, 0.1) is 11.6 Å². The van der Waals surface area contributed by atoms with E-state index in [1.807, 2.05) is 27.5 Å². The lowest BCUT2D eigenvalue weighted by Crippen LogP contribution is -2.59. The monoisotopic (exact) mass is 1830 g/mol. The van der Waals surface area contributed by atoms with Crippen molar-refractivity contribution in [3.05, 3.63) is 142 Å². The van der Waals surface area contributed by atoms with Gasteiger partial charge in [0.2, 0.25) is 23.6 Å². The zero-order valence-electron chi connectivity index (χ0n) is 63.1. The summed E-state index contributed by atoms with van der Waals surface area (Å²) in [5.74, 6) is -2.56. The van der Waals surface area contributed by atoms with Crippen LogP contribution in [-0.4, -0.2) is 242 Å². The number of pyridine rings is 4. The number of anilines is 4. The molecule has 12 aromatic rings. The molecule has 14 heterocycles. The molecule has 12 N–H and O–H groups in total. The Bertz CT molecular complexity index is 5650. The van der Waals surface area contributed by atoms with Gasteiger partial charge in [-0.25, -0.2) is 68.6 Å². The van der Waals surface area contributed by atoms with Crippen LogP contribution in [0.2, 0.25) is 20.1 Å². The van der Waals surface area contributed by atoms with E-state index in [1.165, 1.54) is 59.4 Å². The Labute approximate surface area is 709 Å². The molecule has 122 heavy (non-hydrogen) atoms. The predicted molar refractivity (Wildman–Crippen MR) is 434 cm³/mol. The Kier molecular flexibility index (Phi) is 30.6. The second-order valence-electron chi connectivity index (χ2n) is 26.4. The number of aromatic amines is 4. The van der Waals surface area contributed by atoms with Crippen LogP contribution in [0.15, 0.2) is 111 Å². The van der Waals surface area contributed by atoms with E-state index in [0.717, 1.165) is 23.2 Å². The number of H-pyrrole nitrogens is 4. The van der Waals surface area contributed by atoms with Gasteiger partial charge in [0, 0.05) is 145 Å². The summed E-state index contributed by atoms with van der Waals surface area (Å²) in [5, 5.41) is 23.4. The SMILES string of the molecule is CSCC[C@@H](Nc1ccnc(-c2c[nH]c3ncc(Cl)cc23)n1)C(=O)NCC(F)(F)F.CSCC[C@@H](Nc1nc(-c2c[nH]c3ncc(Cl)cc23)ncc1F)C(=O)NCC(F)(F)F.O=C(NCC(F)(F)F)[C@H]1CNCCN1c1ccnc(-c2c[nH]c3ncc(Cl)cc23)n1.O=C(NCC(F)(F)F)[C@H]1CNCCN1c1nc(-c2c[nH]c3ncc(Cl)cc23)ncc1F. The van der Waals surface area contributed by atoms with Crippen LogP contribution in [0.3, 0.4) is 0 Å². The van der Waals surface area contributed by atoms with Gasteiger partial charge in [0.25, 0.3) is 0 Å². The van der Waals surface area contributed by atoms with E-state index in [-0.39, 0.29) is 49.3 Å². The molecule has 2 saturated heterocycles. The number of nitrogens with zero attached hydrogens (tertiary/aromatic N) is 14. The van der Waals surface area contributed by atoms with Crippen molar-refractivity contribution in [3.63, 3.8) is 0 Å². The van der Waals surface area contributed by atoms with Crippen LogP contribution in [0.5, 0.6) is 0 Å². The number of halogens is 18. The van der Waals surface area contributed by atoms with Crippen molar-refractivity contribution in [2.45, 2.75) is 61.7 Å². The van der Waals surface area contributed by atoms with Crippen molar-refractivity contribution >= 4 is 161 Å². The minimum atomic E-state index is -4.56. The van der Waals surface area contributed by atoms with E-state index >= 15 is 0 Å². The normalized spacial score (nSPS) is 15.0. The number of carbonyl (C=O) groups excluding carboxylic acids is 4. The molecule has 0 spiro atoms. The number of thioether (sulfide) groups is 2. The number of rotatable bonds is 24. The molecule has 50 heteroatoms. The van der Waals surface area contributed by atoms with Crippen molar-refractivity contribution in [2.75, 3.05) is 110 Å². The number of fused-ring (bicyclic) bond motifs is 4. The first-order valence-electron chi connectivity index (χ1n) is 36.1. The maximum absolute atomic E-state index is 14.6. The highest BCUT2D eigenvalue weighted by molar-refractivity contribution is 7.98. The summed E-state index contributed by atoms with van der Waals surface area (Å²) in [4.78, 5) is 115. The molecule has 0 saturated carbocycles. The molecule has 12 aromatic heterocycles. The molecule has 0 unspecified atom stereocenters. The number of hydrogen-bond acceptors (Lipinski definition) is 24. The molecule has 4 amide bonds. The summed E-state index contributed by atoms with van der Waals surface area (Å²) in [6.45, 7) is -3.95. The lowest BCUT2D eigenvalue weighted by Gasteiger charge is -2.36. The Balaban J connectivity index is 0.000000159. The van der Waals surface area contributed by atoms with Crippen LogP contribution < -0.4 is 52.3 Å². The van der Waals surface area contributed by atoms with E-state index < -0.39 is 110 Å². The maximum atomic E-state index is 14.6. The van der Waals surface area contributed by atoms with Crippen molar-refractivity contribution in [1.29, 1.82) is 0 Å². The van der Waals surface area contributed by atoms with Gasteiger partial charge in [0.05, 0.1) is 32.5 Å². The van der Waals surface area contributed by atoms with Crippen molar-refractivity contribution < 1.29 is 80.6 Å². The van der Waals surface area contributed by atoms with E-state index in [9.17, 15) is 80.6 Å². The molecule has 4 atom stereocenters. The molecule has 30 nitrogen and oxygen atoms in total. The fraction of sp³-hybridized carbons (Fsp3) is 0.333. The molecule has 2 fully saturated rings. The second-order valence-corrected chi connectivity index (χ2v) is 30.1. The van der Waals surface area contributed by atoms with Crippen LogP contribution in [0.25, 0.3) is 89.7 Å². The summed E-state index contributed by atoms with van der Waals surface area (Å²) < 4.78 is 179. The highest BCUT2D eigenvalue weighted by atomic mass is 35.5. The number of aromatic nitrogens is 16. The van der Waals surface area contributed by atoms with Crippen molar-refractivity contribution in [1.82, 2.24) is 112 Å². The second kappa shape index (κ2) is 40.8. The molecule has 14 rings (SSSR count). The van der Waals surface area contributed by atoms with Gasteiger partial charge < -0.3 is 72.3 Å². The minimum Gasteiger partial charge on any atom is -0.358 e. The van der Waals surface area contributed by atoms with Gasteiger partial charge >= 0.3 is 24.7 Å². The van der Waals surface area contributed by atoms with E-state index in [1.54, 1.807) is 78.5 Å². The largest absolute Gasteiger partial charge is 0.405 e. The van der Waals surface area contributed by atoms with Gasteiger partial charge in [-0.2, -0.15) is 76.2 Å². The fourth-order valence-electron chi connectivity index (χ4n) is 12.1. The fourth-order valence-corrected chi connectivity index (χ4v) is 13.7. The molecule has 0 bridgehead atoms. The van der Waals surface area contributed by atoms with Crippen LogP contribution in [-0.2, 0) is 19.2 Å². The zero-order valence-corrected chi connectivity index (χ0v) is 67.8.